The van der Waals surface area contributed by atoms with Crippen LogP contribution in [-0.4, -0.2) is 35.8 Å². The fourth-order valence-corrected chi connectivity index (χ4v) is 3.63. The number of hydrogen-bond donors (Lipinski definition) is 1. The summed E-state index contributed by atoms with van der Waals surface area (Å²) in [5.74, 6) is -0.787. The maximum Gasteiger partial charge on any atom is 0.337 e. The lowest BCUT2D eigenvalue weighted by Crippen LogP contribution is -2.33. The average Bonchev–Trinajstić information content (AvgIpc) is 2.93. The molecule has 138 valence electrons. The number of amides is 2. The first-order chi connectivity index (χ1) is 13.0. The van der Waals surface area contributed by atoms with Crippen LogP contribution in [0.1, 0.15) is 15.9 Å². The van der Waals surface area contributed by atoms with Crippen molar-refractivity contribution < 1.29 is 19.1 Å². The number of benzene rings is 2. The Morgan fingerprint density at radius 1 is 1.22 bits per heavy atom. The molecule has 2 aromatic carbocycles. The number of thioether (sulfide) groups is 1. The van der Waals surface area contributed by atoms with Crippen molar-refractivity contribution in [2.45, 2.75) is 0 Å². The van der Waals surface area contributed by atoms with Crippen molar-refractivity contribution in [3.63, 3.8) is 0 Å². The number of carbonyl (C=O) groups is 3. The highest BCUT2D eigenvalue weighted by Crippen LogP contribution is 2.32. The van der Waals surface area contributed by atoms with Gasteiger partial charge in [0.1, 0.15) is 0 Å². The summed E-state index contributed by atoms with van der Waals surface area (Å²) in [4.78, 5) is 37.6. The van der Waals surface area contributed by atoms with Crippen molar-refractivity contribution in [3.8, 4) is 0 Å². The van der Waals surface area contributed by atoms with Crippen LogP contribution in [0.15, 0.2) is 57.9 Å². The topological polar surface area (TPSA) is 75.7 Å². The molecule has 0 aliphatic carbocycles. The molecule has 3 rings (SSSR count). The minimum Gasteiger partial charge on any atom is -0.465 e. The molecular formula is C19H15BrN2O4S. The van der Waals surface area contributed by atoms with Gasteiger partial charge in [0.05, 0.1) is 24.2 Å². The van der Waals surface area contributed by atoms with Gasteiger partial charge in [0, 0.05) is 10.2 Å². The number of hydrogen-bond acceptors (Lipinski definition) is 6. The summed E-state index contributed by atoms with van der Waals surface area (Å²) in [7, 11) is 1.31. The minimum atomic E-state index is -0.430. The zero-order valence-electron chi connectivity index (χ0n) is 14.3. The normalized spacial score (nSPS) is 15.3. The molecular weight excluding hydrogens is 432 g/mol. The molecule has 2 amide bonds. The third-order valence-electron chi connectivity index (χ3n) is 3.77. The molecule has 0 bridgehead atoms. The van der Waals surface area contributed by atoms with Gasteiger partial charge in [-0.2, -0.15) is 0 Å². The number of nitrogens with one attached hydrogen (secondary N) is 1. The lowest BCUT2D eigenvalue weighted by molar-refractivity contribution is -0.122. The van der Waals surface area contributed by atoms with Gasteiger partial charge in [-0.05, 0) is 53.7 Å². The van der Waals surface area contributed by atoms with Crippen LogP contribution in [0.2, 0.25) is 0 Å². The summed E-state index contributed by atoms with van der Waals surface area (Å²) in [6, 6.07) is 14.1. The van der Waals surface area contributed by atoms with Crippen LogP contribution in [0.25, 0.3) is 6.08 Å². The van der Waals surface area contributed by atoms with E-state index >= 15 is 0 Å². The largest absolute Gasteiger partial charge is 0.465 e. The third-order valence-corrected chi connectivity index (χ3v) is 5.17. The Bertz CT molecular complexity index is 928. The van der Waals surface area contributed by atoms with E-state index in [1.807, 2.05) is 24.3 Å². The molecule has 0 radical (unpaired) electrons. The van der Waals surface area contributed by atoms with Crippen LogP contribution in [0.4, 0.5) is 10.5 Å². The monoisotopic (exact) mass is 446 g/mol. The molecule has 0 saturated carbocycles. The predicted molar refractivity (Wildman–Crippen MR) is 108 cm³/mol. The van der Waals surface area contributed by atoms with Crippen LogP contribution in [-0.2, 0) is 9.53 Å². The van der Waals surface area contributed by atoms with Crippen molar-refractivity contribution in [1.29, 1.82) is 0 Å². The zero-order chi connectivity index (χ0) is 19.4. The van der Waals surface area contributed by atoms with E-state index in [9.17, 15) is 14.4 Å². The number of ether oxygens (including phenoxy) is 1. The van der Waals surface area contributed by atoms with Crippen LogP contribution >= 0.6 is 27.7 Å². The molecule has 1 saturated heterocycles. The summed E-state index contributed by atoms with van der Waals surface area (Å²) in [6.07, 6.45) is 1.63. The van der Waals surface area contributed by atoms with Crippen LogP contribution in [0.3, 0.4) is 0 Å². The van der Waals surface area contributed by atoms with Crippen LogP contribution in [0.5, 0.6) is 0 Å². The quantitative estimate of drug-likeness (QED) is 0.543. The highest BCUT2D eigenvalue weighted by atomic mass is 79.9. The number of esters is 1. The minimum absolute atomic E-state index is 0.0831. The van der Waals surface area contributed by atoms with E-state index in [1.165, 1.54) is 7.11 Å². The number of rotatable bonds is 5. The zero-order valence-corrected chi connectivity index (χ0v) is 16.7. The first kappa shape index (κ1) is 19.2. The first-order valence-electron chi connectivity index (χ1n) is 7.91. The number of carbonyl (C=O) groups excluding carboxylic acids is 3. The Labute approximate surface area is 168 Å². The van der Waals surface area contributed by atoms with E-state index in [4.69, 9.17) is 0 Å². The number of methoxy groups -OCH3 is 1. The van der Waals surface area contributed by atoms with Gasteiger partial charge in [-0.25, -0.2) is 4.79 Å². The lowest BCUT2D eigenvalue weighted by Gasteiger charge is -2.14. The molecule has 27 heavy (non-hydrogen) atoms. The molecule has 1 fully saturated rings. The van der Waals surface area contributed by atoms with Gasteiger partial charge in [0.15, 0.2) is 0 Å². The van der Waals surface area contributed by atoms with E-state index in [2.05, 4.69) is 26.0 Å². The second kappa shape index (κ2) is 8.41. The number of nitrogens with zero attached hydrogens (tertiary/aromatic N) is 1. The Hall–Kier alpha value is -2.58. The second-order valence-corrected chi connectivity index (χ2v) is 7.48. The Kier molecular flexibility index (Phi) is 5.98. The molecule has 0 aromatic heterocycles. The molecule has 0 atom stereocenters. The van der Waals surface area contributed by atoms with Gasteiger partial charge < -0.3 is 10.1 Å². The van der Waals surface area contributed by atoms with Crippen molar-refractivity contribution in [2.75, 3.05) is 19.1 Å². The van der Waals surface area contributed by atoms with Crippen molar-refractivity contribution in [2.24, 2.45) is 0 Å². The highest BCUT2D eigenvalue weighted by Gasteiger charge is 2.34. The van der Waals surface area contributed by atoms with Gasteiger partial charge >= 0.3 is 5.97 Å². The summed E-state index contributed by atoms with van der Waals surface area (Å²) in [5, 5.41) is 2.73. The Morgan fingerprint density at radius 3 is 2.63 bits per heavy atom. The highest BCUT2D eigenvalue weighted by molar-refractivity contribution is 9.10. The van der Waals surface area contributed by atoms with Gasteiger partial charge in [-0.1, -0.05) is 34.1 Å². The summed E-state index contributed by atoms with van der Waals surface area (Å²) in [5.41, 5.74) is 1.93. The number of imide groups is 1. The molecule has 1 aliphatic rings. The lowest BCUT2D eigenvalue weighted by atomic mass is 10.1. The van der Waals surface area contributed by atoms with E-state index in [-0.39, 0.29) is 17.8 Å². The Balaban J connectivity index is 1.69. The summed E-state index contributed by atoms with van der Waals surface area (Å²) >= 11 is 4.26. The van der Waals surface area contributed by atoms with E-state index in [0.717, 1.165) is 26.8 Å². The summed E-state index contributed by atoms with van der Waals surface area (Å²) < 4.78 is 5.55. The van der Waals surface area contributed by atoms with E-state index in [0.29, 0.717) is 16.0 Å². The molecule has 2 aromatic rings. The van der Waals surface area contributed by atoms with Crippen molar-refractivity contribution in [3.05, 3.63) is 69.0 Å². The van der Waals surface area contributed by atoms with Gasteiger partial charge in [-0.3, -0.25) is 14.5 Å². The molecule has 0 spiro atoms. The van der Waals surface area contributed by atoms with Crippen LogP contribution in [0, 0.1) is 0 Å². The second-order valence-electron chi connectivity index (χ2n) is 5.57. The van der Waals surface area contributed by atoms with E-state index < -0.39 is 5.97 Å². The standard InChI is InChI=1S/C19H15BrN2O4S/c1-26-18(24)13-7-5-12(6-8-13)9-16-17(23)22(19(25)27-16)11-21-15-4-2-3-14(20)10-15/h2-10,21H,11H2,1H3/b16-9-. The first-order valence-corrected chi connectivity index (χ1v) is 9.52. The van der Waals surface area contributed by atoms with Crippen molar-refractivity contribution >= 4 is 56.6 Å². The third kappa shape index (κ3) is 4.58. The van der Waals surface area contributed by atoms with Crippen molar-refractivity contribution in [1.82, 2.24) is 4.90 Å². The maximum absolute atomic E-state index is 12.5. The maximum atomic E-state index is 12.5. The van der Waals surface area contributed by atoms with Crippen LogP contribution < -0.4 is 5.32 Å². The predicted octanol–water partition coefficient (Wildman–Crippen LogP) is 4.34. The molecule has 0 unspecified atom stereocenters. The Morgan fingerprint density at radius 2 is 1.96 bits per heavy atom. The molecule has 1 heterocycles. The molecule has 1 N–H and O–H groups in total. The van der Waals surface area contributed by atoms with Gasteiger partial charge in [-0.15, -0.1) is 0 Å². The SMILES string of the molecule is COC(=O)c1ccc(/C=C2\SC(=O)N(CNc3cccc(Br)c3)C2=O)cc1. The average molecular weight is 447 g/mol. The van der Waals surface area contributed by atoms with Gasteiger partial charge in [0.2, 0.25) is 0 Å². The van der Waals surface area contributed by atoms with Gasteiger partial charge in [0.25, 0.3) is 11.1 Å². The summed E-state index contributed by atoms with van der Waals surface area (Å²) in [6.45, 7) is 0.0831. The molecule has 6 nitrogen and oxygen atoms in total. The van der Waals surface area contributed by atoms with E-state index in [1.54, 1.807) is 30.3 Å². The molecule has 8 heteroatoms. The smallest absolute Gasteiger partial charge is 0.337 e. The number of halogens is 1. The number of anilines is 1. The molecule has 1 aliphatic heterocycles. The fourth-order valence-electron chi connectivity index (χ4n) is 2.39. The fraction of sp³-hybridized carbons (Fsp3) is 0.105.